The maximum absolute atomic E-state index is 13.5. The molecule has 0 aliphatic heterocycles. The second-order valence-corrected chi connectivity index (χ2v) is 6.48. The topological polar surface area (TPSA) is 26.0 Å². The molecule has 0 saturated heterocycles. The lowest BCUT2D eigenvalue weighted by Crippen LogP contribution is -2.39. The Labute approximate surface area is 104 Å². The molecule has 0 aliphatic carbocycles. The van der Waals surface area contributed by atoms with E-state index in [1.807, 2.05) is 19.1 Å². The number of rotatable bonds is 4. The normalized spacial score (nSPS) is 15.6. The van der Waals surface area contributed by atoms with Crippen molar-refractivity contribution in [2.24, 2.45) is 11.1 Å². The van der Waals surface area contributed by atoms with Gasteiger partial charge >= 0.3 is 0 Å². The molecule has 2 N–H and O–H groups in total. The first-order valence-corrected chi connectivity index (χ1v) is 6.22. The van der Waals surface area contributed by atoms with E-state index in [1.165, 1.54) is 6.07 Å². The molecule has 1 atom stereocenters. The SMILES string of the molecule is CC(C)(C)CCC(C)(N)Cc1ccccc1F. The largest absolute Gasteiger partial charge is 0.325 e. The first kappa shape index (κ1) is 14.2. The number of hydrogen-bond donors (Lipinski definition) is 1. The van der Waals surface area contributed by atoms with Crippen LogP contribution in [0, 0.1) is 11.2 Å². The number of benzene rings is 1. The van der Waals surface area contributed by atoms with Gasteiger partial charge in [-0.3, -0.25) is 0 Å². The van der Waals surface area contributed by atoms with E-state index in [1.54, 1.807) is 6.07 Å². The van der Waals surface area contributed by atoms with Crippen LogP contribution < -0.4 is 5.73 Å². The number of hydrogen-bond acceptors (Lipinski definition) is 1. The van der Waals surface area contributed by atoms with Crippen LogP contribution in [0.1, 0.15) is 46.1 Å². The molecule has 2 heteroatoms. The van der Waals surface area contributed by atoms with Crippen molar-refractivity contribution in [1.29, 1.82) is 0 Å². The van der Waals surface area contributed by atoms with Gasteiger partial charge in [0.15, 0.2) is 0 Å². The molecule has 17 heavy (non-hydrogen) atoms. The fourth-order valence-electron chi connectivity index (χ4n) is 1.83. The summed E-state index contributed by atoms with van der Waals surface area (Å²) in [5, 5.41) is 0. The molecule has 1 aromatic carbocycles. The lowest BCUT2D eigenvalue weighted by Gasteiger charge is -2.29. The van der Waals surface area contributed by atoms with Gasteiger partial charge in [0.05, 0.1) is 0 Å². The summed E-state index contributed by atoms with van der Waals surface area (Å²) < 4.78 is 13.5. The van der Waals surface area contributed by atoms with Crippen LogP contribution in [-0.4, -0.2) is 5.54 Å². The molecule has 0 saturated carbocycles. The average Bonchev–Trinajstić information content (AvgIpc) is 2.18. The van der Waals surface area contributed by atoms with Gasteiger partial charge in [0.25, 0.3) is 0 Å². The van der Waals surface area contributed by atoms with Gasteiger partial charge in [-0.2, -0.15) is 0 Å². The highest BCUT2D eigenvalue weighted by Crippen LogP contribution is 2.26. The Morgan fingerprint density at radius 1 is 1.06 bits per heavy atom. The summed E-state index contributed by atoms with van der Waals surface area (Å²) >= 11 is 0. The minimum atomic E-state index is -0.338. The van der Waals surface area contributed by atoms with E-state index in [9.17, 15) is 4.39 Å². The van der Waals surface area contributed by atoms with E-state index >= 15 is 0 Å². The van der Waals surface area contributed by atoms with Gasteiger partial charge < -0.3 is 5.73 Å². The van der Waals surface area contributed by atoms with Crippen LogP contribution in [0.5, 0.6) is 0 Å². The maximum atomic E-state index is 13.5. The maximum Gasteiger partial charge on any atom is 0.126 e. The summed E-state index contributed by atoms with van der Waals surface area (Å²) in [5.74, 6) is -0.153. The highest BCUT2D eigenvalue weighted by molar-refractivity contribution is 5.19. The van der Waals surface area contributed by atoms with Crippen molar-refractivity contribution in [3.05, 3.63) is 35.6 Å². The average molecular weight is 237 g/mol. The van der Waals surface area contributed by atoms with Crippen LogP contribution in [0.25, 0.3) is 0 Å². The van der Waals surface area contributed by atoms with Gasteiger partial charge in [0.1, 0.15) is 5.82 Å². The Morgan fingerprint density at radius 2 is 1.65 bits per heavy atom. The lowest BCUT2D eigenvalue weighted by molar-refractivity contribution is 0.301. The van der Waals surface area contributed by atoms with Crippen molar-refractivity contribution in [3.63, 3.8) is 0 Å². The third-order valence-corrected chi connectivity index (χ3v) is 3.00. The van der Waals surface area contributed by atoms with Crippen LogP contribution in [0.2, 0.25) is 0 Å². The smallest absolute Gasteiger partial charge is 0.126 e. The third-order valence-electron chi connectivity index (χ3n) is 3.00. The van der Waals surface area contributed by atoms with Crippen molar-refractivity contribution in [2.45, 2.75) is 52.5 Å². The van der Waals surface area contributed by atoms with E-state index < -0.39 is 0 Å². The van der Waals surface area contributed by atoms with Crippen molar-refractivity contribution in [1.82, 2.24) is 0 Å². The van der Waals surface area contributed by atoms with Gasteiger partial charge in [-0.25, -0.2) is 4.39 Å². The summed E-state index contributed by atoms with van der Waals surface area (Å²) in [6.45, 7) is 8.61. The molecule has 0 radical (unpaired) electrons. The van der Waals surface area contributed by atoms with Gasteiger partial charge in [-0.05, 0) is 43.2 Å². The first-order chi connectivity index (χ1) is 7.70. The molecule has 0 aromatic heterocycles. The quantitative estimate of drug-likeness (QED) is 0.844. The highest BCUT2D eigenvalue weighted by atomic mass is 19.1. The van der Waals surface area contributed by atoms with E-state index in [2.05, 4.69) is 20.8 Å². The molecule has 0 amide bonds. The Kier molecular flexibility index (Phi) is 4.31. The Bertz CT molecular complexity index is 363. The molecule has 1 unspecified atom stereocenters. The van der Waals surface area contributed by atoms with Crippen LogP contribution in [0.4, 0.5) is 4.39 Å². The fraction of sp³-hybridized carbons (Fsp3) is 0.600. The van der Waals surface area contributed by atoms with E-state index in [4.69, 9.17) is 5.73 Å². The van der Waals surface area contributed by atoms with Crippen molar-refractivity contribution < 1.29 is 4.39 Å². The Hall–Kier alpha value is -0.890. The molecule has 0 bridgehead atoms. The minimum Gasteiger partial charge on any atom is -0.325 e. The van der Waals surface area contributed by atoms with Crippen LogP contribution in [-0.2, 0) is 6.42 Å². The van der Waals surface area contributed by atoms with Gasteiger partial charge in [0, 0.05) is 5.54 Å². The van der Waals surface area contributed by atoms with Crippen molar-refractivity contribution in [3.8, 4) is 0 Å². The monoisotopic (exact) mass is 237 g/mol. The highest BCUT2D eigenvalue weighted by Gasteiger charge is 2.23. The van der Waals surface area contributed by atoms with Gasteiger partial charge in [-0.15, -0.1) is 0 Å². The molecule has 1 rings (SSSR count). The zero-order chi connectivity index (χ0) is 13.1. The van der Waals surface area contributed by atoms with Crippen LogP contribution in [0.3, 0.4) is 0 Å². The summed E-state index contributed by atoms with van der Waals surface area (Å²) in [5.41, 5.74) is 6.91. The van der Waals surface area contributed by atoms with Crippen molar-refractivity contribution in [2.75, 3.05) is 0 Å². The number of halogens is 1. The Morgan fingerprint density at radius 3 is 2.18 bits per heavy atom. The van der Waals surface area contributed by atoms with Crippen LogP contribution in [0.15, 0.2) is 24.3 Å². The second kappa shape index (κ2) is 5.18. The standard InChI is InChI=1S/C15H24FN/c1-14(2,3)9-10-15(4,17)11-12-7-5-6-8-13(12)16/h5-8H,9-11,17H2,1-4H3. The number of nitrogens with two attached hydrogens (primary N) is 1. The van der Waals surface area contributed by atoms with Crippen LogP contribution >= 0.6 is 0 Å². The lowest BCUT2D eigenvalue weighted by atomic mass is 9.81. The fourth-order valence-corrected chi connectivity index (χ4v) is 1.83. The van der Waals surface area contributed by atoms with E-state index in [-0.39, 0.29) is 16.8 Å². The molecule has 0 heterocycles. The van der Waals surface area contributed by atoms with Gasteiger partial charge in [0.2, 0.25) is 0 Å². The molecule has 0 fully saturated rings. The zero-order valence-electron chi connectivity index (χ0n) is 11.4. The molecule has 1 aromatic rings. The summed E-state index contributed by atoms with van der Waals surface area (Å²) in [6, 6.07) is 6.88. The minimum absolute atomic E-state index is 0.153. The molecule has 0 spiro atoms. The summed E-state index contributed by atoms with van der Waals surface area (Å²) in [7, 11) is 0. The van der Waals surface area contributed by atoms with E-state index in [0.717, 1.165) is 12.8 Å². The van der Waals surface area contributed by atoms with Gasteiger partial charge in [-0.1, -0.05) is 39.0 Å². The third kappa shape index (κ3) is 5.31. The zero-order valence-corrected chi connectivity index (χ0v) is 11.4. The molecular formula is C15H24FN. The van der Waals surface area contributed by atoms with E-state index in [0.29, 0.717) is 12.0 Å². The predicted octanol–water partition coefficient (Wildman–Crippen LogP) is 3.91. The Balaban J connectivity index is 2.64. The molecule has 0 aliphatic rings. The summed E-state index contributed by atoms with van der Waals surface area (Å²) in [6.07, 6.45) is 2.55. The molecule has 96 valence electrons. The summed E-state index contributed by atoms with van der Waals surface area (Å²) in [4.78, 5) is 0. The predicted molar refractivity (Wildman–Crippen MR) is 71.4 cm³/mol. The van der Waals surface area contributed by atoms with Crippen molar-refractivity contribution >= 4 is 0 Å². The second-order valence-electron chi connectivity index (χ2n) is 6.48. The molecular weight excluding hydrogens is 213 g/mol. The first-order valence-electron chi connectivity index (χ1n) is 6.22. The molecule has 1 nitrogen and oxygen atoms in total.